The Kier molecular flexibility index (Phi) is 6.95. The fraction of sp³-hybridized carbons (Fsp3) is 0.357. The summed E-state index contributed by atoms with van der Waals surface area (Å²) in [5.74, 6) is 0.657. The van der Waals surface area contributed by atoms with E-state index < -0.39 is 0 Å². The van der Waals surface area contributed by atoms with Crippen LogP contribution in [0.2, 0.25) is 0 Å². The molecular formula is C28H32N6O2. The van der Waals surface area contributed by atoms with Gasteiger partial charge in [-0.25, -0.2) is 9.97 Å². The number of aryl methyl sites for hydroxylation is 1. The number of fused-ring (bicyclic) bond motifs is 2. The van der Waals surface area contributed by atoms with E-state index >= 15 is 0 Å². The van der Waals surface area contributed by atoms with Gasteiger partial charge < -0.3 is 15.1 Å². The van der Waals surface area contributed by atoms with Crippen molar-refractivity contribution in [1.29, 1.82) is 0 Å². The number of aldehydes is 1. The minimum absolute atomic E-state index is 0.0152. The average molecular weight is 485 g/mol. The highest BCUT2D eigenvalue weighted by molar-refractivity contribution is 5.95. The van der Waals surface area contributed by atoms with E-state index in [4.69, 9.17) is 0 Å². The lowest BCUT2D eigenvalue weighted by Crippen LogP contribution is -2.46. The highest BCUT2D eigenvalue weighted by Gasteiger charge is 2.29. The van der Waals surface area contributed by atoms with Crippen LogP contribution in [0.5, 0.6) is 0 Å². The maximum Gasteiger partial charge on any atom is 0.253 e. The number of likely N-dealkylation sites (tertiary alicyclic amines) is 1. The molecule has 8 nitrogen and oxygen atoms in total. The molecule has 1 fully saturated rings. The van der Waals surface area contributed by atoms with Crippen LogP contribution in [0.15, 0.2) is 60.8 Å². The molecule has 0 unspecified atom stereocenters. The van der Waals surface area contributed by atoms with E-state index in [1.165, 1.54) is 5.56 Å². The van der Waals surface area contributed by atoms with Crippen molar-refractivity contribution in [1.82, 2.24) is 19.8 Å². The van der Waals surface area contributed by atoms with Crippen LogP contribution in [-0.4, -0.2) is 77.9 Å². The fourth-order valence-electron chi connectivity index (χ4n) is 5.20. The van der Waals surface area contributed by atoms with Gasteiger partial charge in [0.05, 0.1) is 5.52 Å². The van der Waals surface area contributed by atoms with Gasteiger partial charge in [0, 0.05) is 48.5 Å². The monoisotopic (exact) mass is 484 g/mol. The van der Waals surface area contributed by atoms with Crippen LogP contribution in [0.25, 0.3) is 10.9 Å². The average Bonchev–Trinajstić information content (AvgIpc) is 3.36. The highest BCUT2D eigenvalue weighted by Crippen LogP contribution is 2.31. The summed E-state index contributed by atoms with van der Waals surface area (Å²) in [6.45, 7) is 2.23. The Morgan fingerprint density at radius 1 is 1.19 bits per heavy atom. The van der Waals surface area contributed by atoms with Gasteiger partial charge in [-0.15, -0.1) is 0 Å². The first-order valence-electron chi connectivity index (χ1n) is 12.5. The zero-order chi connectivity index (χ0) is 25.1. The number of carbonyl (C=O) groups is 2. The standard InChI is InChI=1S/C28H32N6O2/c1-32(2)26(10-6-16-35)34-14-5-8-20-17-21(11-12-25(20)34)27(36)33-15-13-23(19-33)30-28-29-18-22-7-3-4-9-24(22)31-28/h3-4,6-7,9-12,16-18,23,26H,5,8,13-15,19H2,1-2H3,(H,29,30,31)/b10-6+/t23-,26-/m1/s1. The number of rotatable bonds is 7. The molecule has 36 heavy (non-hydrogen) atoms. The molecule has 0 spiro atoms. The number of hydrogen-bond acceptors (Lipinski definition) is 7. The molecule has 2 aliphatic rings. The summed E-state index contributed by atoms with van der Waals surface area (Å²) in [6.07, 6.45) is 8.89. The van der Waals surface area contributed by atoms with Crippen molar-refractivity contribution < 1.29 is 9.59 Å². The van der Waals surface area contributed by atoms with Crippen LogP contribution in [0.4, 0.5) is 11.6 Å². The smallest absolute Gasteiger partial charge is 0.253 e. The number of allylic oxidation sites excluding steroid dienone is 1. The summed E-state index contributed by atoms with van der Waals surface area (Å²) >= 11 is 0. The van der Waals surface area contributed by atoms with E-state index in [1.807, 2.05) is 67.7 Å². The molecule has 2 aliphatic heterocycles. The summed E-state index contributed by atoms with van der Waals surface area (Å²) < 4.78 is 0. The number of nitrogens with one attached hydrogen (secondary N) is 1. The Labute approximate surface area is 211 Å². The molecule has 1 aromatic heterocycles. The maximum atomic E-state index is 13.4. The first kappa shape index (κ1) is 23.9. The number of anilines is 2. The summed E-state index contributed by atoms with van der Waals surface area (Å²) in [5.41, 5.74) is 3.93. The molecule has 5 rings (SSSR count). The van der Waals surface area contributed by atoms with Gasteiger partial charge in [-0.1, -0.05) is 18.2 Å². The van der Waals surface area contributed by atoms with Crippen molar-refractivity contribution in [3.05, 3.63) is 71.9 Å². The lowest BCUT2D eigenvalue weighted by Gasteiger charge is -2.39. The van der Waals surface area contributed by atoms with Gasteiger partial charge >= 0.3 is 0 Å². The minimum atomic E-state index is -0.0152. The largest absolute Gasteiger partial charge is 0.352 e. The topological polar surface area (TPSA) is 81.7 Å². The Hall–Kier alpha value is -3.78. The van der Waals surface area contributed by atoms with Gasteiger partial charge in [0.2, 0.25) is 5.95 Å². The predicted octanol–water partition coefficient (Wildman–Crippen LogP) is 3.35. The molecule has 1 amide bonds. The predicted molar refractivity (Wildman–Crippen MR) is 142 cm³/mol. The van der Waals surface area contributed by atoms with E-state index in [-0.39, 0.29) is 18.1 Å². The molecule has 0 radical (unpaired) electrons. The molecular weight excluding hydrogens is 452 g/mol. The Morgan fingerprint density at radius 3 is 2.89 bits per heavy atom. The van der Waals surface area contributed by atoms with Crippen molar-refractivity contribution in [2.24, 2.45) is 0 Å². The number of aromatic nitrogens is 2. The van der Waals surface area contributed by atoms with Crippen molar-refractivity contribution in [2.75, 3.05) is 43.9 Å². The number of likely N-dealkylation sites (N-methyl/N-ethyl adjacent to an activating group) is 1. The van der Waals surface area contributed by atoms with Crippen LogP contribution in [-0.2, 0) is 11.2 Å². The van der Waals surface area contributed by atoms with Gasteiger partial charge in [-0.2, -0.15) is 0 Å². The van der Waals surface area contributed by atoms with Crippen molar-refractivity contribution in [3.8, 4) is 0 Å². The molecule has 0 aliphatic carbocycles. The second-order valence-electron chi connectivity index (χ2n) is 9.67. The maximum absolute atomic E-state index is 13.4. The summed E-state index contributed by atoms with van der Waals surface area (Å²) in [7, 11) is 4.01. The van der Waals surface area contributed by atoms with Crippen LogP contribution < -0.4 is 10.2 Å². The molecule has 0 bridgehead atoms. The molecule has 8 heteroatoms. The second-order valence-corrected chi connectivity index (χ2v) is 9.67. The van der Waals surface area contributed by atoms with Gasteiger partial charge in [0.1, 0.15) is 12.5 Å². The summed E-state index contributed by atoms with van der Waals surface area (Å²) in [6, 6.07) is 14.1. The van der Waals surface area contributed by atoms with E-state index in [0.717, 1.165) is 54.2 Å². The first-order chi connectivity index (χ1) is 17.5. The third-order valence-corrected chi connectivity index (χ3v) is 6.99. The molecule has 1 saturated heterocycles. The van der Waals surface area contributed by atoms with Gasteiger partial charge in [-0.05, 0) is 75.3 Å². The first-order valence-corrected chi connectivity index (χ1v) is 12.5. The number of nitrogens with zero attached hydrogens (tertiary/aromatic N) is 5. The SMILES string of the molecule is CN(C)[C@@H](/C=C/C=O)N1CCCc2cc(C(=O)N3CC[C@@H](Nc4ncc5ccccc5n4)C3)ccc21. The minimum Gasteiger partial charge on any atom is -0.352 e. The number of benzene rings is 2. The molecule has 3 aromatic rings. The number of amides is 1. The van der Waals surface area contributed by atoms with E-state index in [1.54, 1.807) is 6.08 Å². The Morgan fingerprint density at radius 2 is 2.06 bits per heavy atom. The van der Waals surface area contributed by atoms with Gasteiger partial charge in [0.15, 0.2) is 0 Å². The number of para-hydroxylation sites is 1. The van der Waals surface area contributed by atoms with Crippen LogP contribution in [0.3, 0.4) is 0 Å². The summed E-state index contributed by atoms with van der Waals surface area (Å²) in [4.78, 5) is 39.6. The van der Waals surface area contributed by atoms with Crippen molar-refractivity contribution >= 4 is 34.7 Å². The zero-order valence-corrected chi connectivity index (χ0v) is 20.8. The van der Waals surface area contributed by atoms with Crippen LogP contribution in [0.1, 0.15) is 28.8 Å². The lowest BCUT2D eigenvalue weighted by atomic mass is 9.98. The molecule has 1 N–H and O–H groups in total. The third kappa shape index (κ3) is 4.95. The normalized spacial score (nSPS) is 18.6. The lowest BCUT2D eigenvalue weighted by molar-refractivity contribution is -0.104. The van der Waals surface area contributed by atoms with E-state index in [9.17, 15) is 9.59 Å². The second kappa shape index (κ2) is 10.5. The van der Waals surface area contributed by atoms with Crippen molar-refractivity contribution in [2.45, 2.75) is 31.5 Å². The third-order valence-electron chi connectivity index (χ3n) is 6.99. The molecule has 186 valence electrons. The molecule has 2 aromatic carbocycles. The van der Waals surface area contributed by atoms with Gasteiger partial charge in [0.25, 0.3) is 5.91 Å². The summed E-state index contributed by atoms with van der Waals surface area (Å²) in [5, 5.41) is 4.41. The number of carbonyl (C=O) groups excluding carboxylic acids is 2. The Balaban J connectivity index is 1.27. The van der Waals surface area contributed by atoms with Gasteiger partial charge in [-0.3, -0.25) is 14.5 Å². The Bertz CT molecular complexity index is 1290. The molecule has 2 atom stereocenters. The highest BCUT2D eigenvalue weighted by atomic mass is 16.2. The molecule has 0 saturated carbocycles. The fourth-order valence-corrected chi connectivity index (χ4v) is 5.20. The van der Waals surface area contributed by atoms with Crippen LogP contribution in [0, 0.1) is 0 Å². The van der Waals surface area contributed by atoms with E-state index in [2.05, 4.69) is 31.2 Å². The van der Waals surface area contributed by atoms with Crippen LogP contribution >= 0.6 is 0 Å². The number of hydrogen-bond donors (Lipinski definition) is 1. The zero-order valence-electron chi connectivity index (χ0n) is 20.8. The van der Waals surface area contributed by atoms with E-state index in [0.29, 0.717) is 19.0 Å². The quantitative estimate of drug-likeness (QED) is 0.407. The van der Waals surface area contributed by atoms with Crippen molar-refractivity contribution in [3.63, 3.8) is 0 Å². The molecule has 3 heterocycles.